The molecule has 3 nitrogen and oxygen atoms in total. The summed E-state index contributed by atoms with van der Waals surface area (Å²) in [7, 11) is 5.78. The highest BCUT2D eigenvalue weighted by molar-refractivity contribution is 6.32. The molecule has 2 radical (unpaired) electrons. The minimum absolute atomic E-state index is 0.666. The number of benzene rings is 3. The van der Waals surface area contributed by atoms with E-state index in [1.807, 2.05) is 79.0 Å². The van der Waals surface area contributed by atoms with Gasteiger partial charge in [0.2, 0.25) is 0 Å². The van der Waals surface area contributed by atoms with Crippen LogP contribution in [0.4, 0.5) is 0 Å². The van der Waals surface area contributed by atoms with Crippen LogP contribution in [-0.4, -0.2) is 22.8 Å². The molecule has 0 aliphatic carbocycles. The maximum absolute atomic E-state index is 5.78. The lowest BCUT2D eigenvalue weighted by Crippen LogP contribution is -1.99. The predicted octanol–water partition coefficient (Wildman–Crippen LogP) is 4.82. The molecule has 5 aromatic rings. The van der Waals surface area contributed by atoms with Crippen molar-refractivity contribution < 1.29 is 0 Å². The Balaban J connectivity index is 1.61. The van der Waals surface area contributed by atoms with Gasteiger partial charge in [-0.3, -0.25) is 4.98 Å². The zero-order valence-corrected chi connectivity index (χ0v) is 15.7. The van der Waals surface area contributed by atoms with Crippen LogP contribution >= 0.6 is 0 Å². The molecular weight excluding hydrogens is 353 g/mol. The van der Waals surface area contributed by atoms with E-state index >= 15 is 0 Å². The normalized spacial score (nSPS) is 10.9. The minimum atomic E-state index is 0.666. The average Bonchev–Trinajstić information content (AvgIpc) is 2.79. The number of fused-ring (bicyclic) bond motifs is 1. The summed E-state index contributed by atoms with van der Waals surface area (Å²) in [6.45, 7) is 0. The molecule has 0 saturated carbocycles. The van der Waals surface area contributed by atoms with Gasteiger partial charge in [-0.05, 0) is 18.2 Å². The van der Waals surface area contributed by atoms with E-state index in [2.05, 4.69) is 23.2 Å². The van der Waals surface area contributed by atoms with E-state index in [1.54, 1.807) is 0 Å². The van der Waals surface area contributed by atoms with Gasteiger partial charge in [-0.1, -0.05) is 78.3 Å². The highest BCUT2D eigenvalue weighted by atomic mass is 14.9. The molecule has 0 bridgehead atoms. The van der Waals surface area contributed by atoms with Crippen LogP contribution in [0.1, 0.15) is 0 Å². The fourth-order valence-corrected chi connectivity index (χ4v) is 3.37. The van der Waals surface area contributed by atoms with Gasteiger partial charge in [0.1, 0.15) is 7.85 Å². The molecule has 5 rings (SSSR count). The summed E-state index contributed by atoms with van der Waals surface area (Å²) >= 11 is 0. The van der Waals surface area contributed by atoms with Crippen molar-refractivity contribution in [2.24, 2.45) is 0 Å². The van der Waals surface area contributed by atoms with Gasteiger partial charge in [0.25, 0.3) is 0 Å². The number of pyridine rings is 1. The van der Waals surface area contributed by atoms with Crippen LogP contribution in [0.3, 0.4) is 0 Å². The molecule has 3 aromatic carbocycles. The summed E-state index contributed by atoms with van der Waals surface area (Å²) < 4.78 is 0. The van der Waals surface area contributed by atoms with Crippen LogP contribution in [-0.2, 0) is 0 Å². The summed E-state index contributed by atoms with van der Waals surface area (Å²) in [6, 6.07) is 30.0. The second-order valence-electron chi connectivity index (χ2n) is 6.83. The molecular formula is C25H16BN3. The Morgan fingerprint density at radius 1 is 0.586 bits per heavy atom. The fraction of sp³-hybridized carbons (Fsp3) is 0. The Morgan fingerprint density at radius 3 is 2.07 bits per heavy atom. The Bertz CT molecular complexity index is 1280. The lowest BCUT2D eigenvalue weighted by Gasteiger charge is -2.09. The van der Waals surface area contributed by atoms with Crippen molar-refractivity contribution in [1.82, 2.24) is 15.0 Å². The van der Waals surface area contributed by atoms with Crippen LogP contribution in [0.5, 0.6) is 0 Å². The molecule has 4 heteroatoms. The Hall–Kier alpha value is -3.79. The number of hydrogen-bond acceptors (Lipinski definition) is 3. The maximum Gasteiger partial charge on any atom is 0.161 e. The van der Waals surface area contributed by atoms with Gasteiger partial charge in [0.15, 0.2) is 5.82 Å². The monoisotopic (exact) mass is 369 g/mol. The highest BCUT2D eigenvalue weighted by Gasteiger charge is 2.11. The van der Waals surface area contributed by atoms with Crippen LogP contribution in [0, 0.1) is 0 Å². The lowest BCUT2D eigenvalue weighted by atomic mass is 9.95. The van der Waals surface area contributed by atoms with Crippen molar-refractivity contribution >= 4 is 24.2 Å². The predicted molar refractivity (Wildman–Crippen MR) is 119 cm³/mol. The molecule has 0 aliphatic rings. The SMILES string of the molecule is [B]c1ccc(-c2ccc(-c3nc(-c4ccccc4)c4ccccc4n3)cn2)cc1. The first-order valence-electron chi connectivity index (χ1n) is 9.42. The first-order chi connectivity index (χ1) is 14.3. The quantitative estimate of drug-likeness (QED) is 0.428. The first-order valence-corrected chi connectivity index (χ1v) is 9.42. The third kappa shape index (κ3) is 3.41. The van der Waals surface area contributed by atoms with Gasteiger partial charge in [-0.15, -0.1) is 0 Å². The summed E-state index contributed by atoms with van der Waals surface area (Å²) in [5, 5.41) is 1.04. The summed E-state index contributed by atoms with van der Waals surface area (Å²) in [5.41, 5.74) is 6.44. The van der Waals surface area contributed by atoms with Gasteiger partial charge in [0, 0.05) is 28.3 Å². The van der Waals surface area contributed by atoms with Gasteiger partial charge in [-0.25, -0.2) is 9.97 Å². The van der Waals surface area contributed by atoms with Crippen molar-refractivity contribution in [2.45, 2.75) is 0 Å². The van der Waals surface area contributed by atoms with E-state index < -0.39 is 0 Å². The molecule has 0 amide bonds. The maximum atomic E-state index is 5.78. The second-order valence-corrected chi connectivity index (χ2v) is 6.83. The van der Waals surface area contributed by atoms with E-state index in [9.17, 15) is 0 Å². The zero-order valence-electron chi connectivity index (χ0n) is 15.7. The number of nitrogens with zero attached hydrogens (tertiary/aromatic N) is 3. The molecule has 0 saturated heterocycles. The molecule has 0 spiro atoms. The van der Waals surface area contributed by atoms with E-state index in [-0.39, 0.29) is 0 Å². The van der Waals surface area contributed by atoms with Crippen molar-refractivity contribution in [3.05, 3.63) is 97.2 Å². The molecule has 0 aliphatic heterocycles. The van der Waals surface area contributed by atoms with Crippen molar-refractivity contribution in [1.29, 1.82) is 0 Å². The van der Waals surface area contributed by atoms with Gasteiger partial charge in [-0.2, -0.15) is 0 Å². The third-order valence-corrected chi connectivity index (χ3v) is 4.88. The van der Waals surface area contributed by atoms with Crippen LogP contribution in [0.25, 0.3) is 44.8 Å². The van der Waals surface area contributed by atoms with Crippen LogP contribution in [0.15, 0.2) is 97.2 Å². The van der Waals surface area contributed by atoms with Gasteiger partial charge < -0.3 is 0 Å². The minimum Gasteiger partial charge on any atom is -0.255 e. The van der Waals surface area contributed by atoms with E-state index in [4.69, 9.17) is 17.8 Å². The lowest BCUT2D eigenvalue weighted by molar-refractivity contribution is 1.21. The smallest absolute Gasteiger partial charge is 0.161 e. The first kappa shape index (κ1) is 17.3. The van der Waals surface area contributed by atoms with E-state index in [0.717, 1.165) is 44.4 Å². The molecule has 134 valence electrons. The summed E-state index contributed by atoms with van der Waals surface area (Å²) in [5.74, 6) is 0.666. The average molecular weight is 369 g/mol. The standard InChI is InChI=1S/C25H16BN3/c26-20-13-10-17(11-14-20)22-15-12-19(16-27-22)25-28-23-9-5-4-8-21(23)24(29-25)18-6-2-1-3-7-18/h1-16H. The topological polar surface area (TPSA) is 38.7 Å². The van der Waals surface area contributed by atoms with Crippen LogP contribution in [0.2, 0.25) is 0 Å². The van der Waals surface area contributed by atoms with E-state index in [1.165, 1.54) is 0 Å². The second kappa shape index (κ2) is 7.32. The van der Waals surface area contributed by atoms with Crippen LogP contribution < -0.4 is 5.46 Å². The number of rotatable bonds is 3. The zero-order chi connectivity index (χ0) is 19.6. The molecule has 0 atom stereocenters. The number of para-hydroxylation sites is 1. The number of hydrogen-bond donors (Lipinski definition) is 0. The molecule has 29 heavy (non-hydrogen) atoms. The molecule has 0 fully saturated rings. The van der Waals surface area contributed by atoms with Gasteiger partial charge >= 0.3 is 0 Å². The van der Waals surface area contributed by atoms with Crippen molar-refractivity contribution in [3.8, 4) is 33.9 Å². The number of aromatic nitrogens is 3. The van der Waals surface area contributed by atoms with Crippen molar-refractivity contribution in [3.63, 3.8) is 0 Å². The molecule has 0 N–H and O–H groups in total. The Morgan fingerprint density at radius 2 is 1.31 bits per heavy atom. The molecule has 2 aromatic heterocycles. The third-order valence-electron chi connectivity index (χ3n) is 4.88. The molecule has 2 heterocycles. The van der Waals surface area contributed by atoms with E-state index in [0.29, 0.717) is 5.82 Å². The van der Waals surface area contributed by atoms with Gasteiger partial charge in [0.05, 0.1) is 16.9 Å². The summed E-state index contributed by atoms with van der Waals surface area (Å²) in [4.78, 5) is 14.3. The molecule has 0 unspecified atom stereocenters. The summed E-state index contributed by atoms with van der Waals surface area (Å²) in [6.07, 6.45) is 1.82. The van der Waals surface area contributed by atoms with Crippen molar-refractivity contribution in [2.75, 3.05) is 0 Å². The largest absolute Gasteiger partial charge is 0.255 e. The Kier molecular flexibility index (Phi) is 4.37. The highest BCUT2D eigenvalue weighted by Crippen LogP contribution is 2.29. The fourth-order valence-electron chi connectivity index (χ4n) is 3.37. The Labute approximate surface area is 170 Å².